The van der Waals surface area contributed by atoms with Gasteiger partial charge < -0.3 is 33.9 Å². The quantitative estimate of drug-likeness (QED) is 0.0877. The van der Waals surface area contributed by atoms with Crippen molar-refractivity contribution in [1.82, 2.24) is 34.6 Å². The summed E-state index contributed by atoms with van der Waals surface area (Å²) in [5.74, 6) is 3.72. The number of cyclic esters (lactones) is 1. The van der Waals surface area contributed by atoms with Gasteiger partial charge in [0.2, 0.25) is 11.9 Å². The van der Waals surface area contributed by atoms with Crippen LogP contribution in [0.3, 0.4) is 0 Å². The Morgan fingerprint density at radius 2 is 1.79 bits per heavy atom. The van der Waals surface area contributed by atoms with E-state index in [1.807, 2.05) is 64.0 Å². The second-order valence-corrected chi connectivity index (χ2v) is 24.2. The Labute approximate surface area is 446 Å². The van der Waals surface area contributed by atoms with Crippen LogP contribution < -0.4 is 5.32 Å². The molecular formula is C60H75N8O8+. The molecule has 3 unspecified atom stereocenters. The van der Waals surface area contributed by atoms with Crippen LogP contribution in [-0.2, 0) is 57.6 Å². The van der Waals surface area contributed by atoms with Gasteiger partial charge >= 0.3 is 5.97 Å². The first-order valence-corrected chi connectivity index (χ1v) is 27.7. The summed E-state index contributed by atoms with van der Waals surface area (Å²) in [5.41, 5.74) is 5.77. The smallest absolute Gasteiger partial charge is 0.315 e. The number of methoxy groups -OCH3 is 1. The number of ether oxygens (including phenoxy) is 3. The number of nitrogens with zero attached hydrogens (tertiary/aromatic N) is 7. The maximum absolute atomic E-state index is 15.4. The Kier molecular flexibility index (Phi) is 13.3. The molecule has 1 N–H and O–H groups in total. The van der Waals surface area contributed by atoms with E-state index in [0.29, 0.717) is 43.5 Å². The fourth-order valence-electron chi connectivity index (χ4n) is 13.4. The van der Waals surface area contributed by atoms with Crippen LogP contribution in [0.5, 0.6) is 0 Å². The average molecular weight is 1040 g/mol. The van der Waals surface area contributed by atoms with Gasteiger partial charge in [-0.1, -0.05) is 63.9 Å². The highest BCUT2D eigenvalue weighted by Crippen LogP contribution is 2.62. The van der Waals surface area contributed by atoms with Gasteiger partial charge in [-0.05, 0) is 112 Å². The first-order chi connectivity index (χ1) is 36.3. The largest absolute Gasteiger partial charge is 0.465 e. The Morgan fingerprint density at radius 3 is 2.51 bits per heavy atom. The molecular weight excluding hydrogens is 961 g/mol. The number of pyridine rings is 1. The van der Waals surface area contributed by atoms with Crippen molar-refractivity contribution in [1.29, 1.82) is 0 Å². The Balaban J connectivity index is 0.928. The molecule has 0 saturated carbocycles. The van der Waals surface area contributed by atoms with E-state index >= 15 is 9.59 Å². The molecule has 0 radical (unpaired) electrons. The second-order valence-electron chi connectivity index (χ2n) is 24.2. The highest BCUT2D eigenvalue weighted by Gasteiger charge is 2.91. The minimum Gasteiger partial charge on any atom is -0.465 e. The van der Waals surface area contributed by atoms with Gasteiger partial charge in [-0.2, -0.15) is 9.60 Å². The number of benzene rings is 2. The van der Waals surface area contributed by atoms with Crippen LogP contribution in [-0.4, -0.2) is 158 Å². The SMILES string of the molecule is CCn1c(-c2cccnc2[C@H](C)OC)c2c3cc(ccc31)-c1cccc(c1)C[C@H](NC(=O)[C@H](C(C)C)N1CO[C@]3(CCN(C(=O)C#CC(C)(C)N4CCC4)C3)C1=O)C(=O)N1CCC[C@@H](C(=O)OCC(C)(C)C2)C2C3C[N+]321. The third kappa shape index (κ3) is 8.88. The van der Waals surface area contributed by atoms with Crippen LogP contribution in [0.1, 0.15) is 104 Å². The molecule has 2 aromatic carbocycles. The highest BCUT2D eigenvalue weighted by atomic mass is 16.5. The lowest BCUT2D eigenvalue weighted by molar-refractivity contribution is -0.843. The topological polar surface area (TPSA) is 156 Å². The van der Waals surface area contributed by atoms with Crippen molar-refractivity contribution < 1.29 is 42.8 Å². The van der Waals surface area contributed by atoms with E-state index in [4.69, 9.17) is 19.2 Å². The maximum atomic E-state index is 15.4. The third-order valence-corrected chi connectivity index (χ3v) is 17.9. The predicted molar refractivity (Wildman–Crippen MR) is 286 cm³/mol. The molecule has 4 aromatic rings. The van der Waals surface area contributed by atoms with E-state index in [2.05, 4.69) is 83.8 Å². The standard InChI is InChI=1S/C60H74N8O8/c1-10-65-47-20-19-41-31-44(47)45(52(65)42-17-12-24-61-50(42)38(4)74-9)32-58(5,6)35-75-56(72)43-18-13-27-67(68-33-48(68)53(43)68)55(71)46(30-39-15-11-16-40(41)29-39)62-54(70)51(37(2)3)66-36-76-60(57(66)73)23-28-63(34-60)49(69)21-22-59(7,8)64-25-14-26-64/h11-12,15-17,19-20,24,29,31,37-38,43,46,48,51,53H,10,13-14,18,23,25-28,30,32-36H2,1-9H3/p+1/t38-,43+,46-,48?,51-,53?,60-,68?/m0/s1. The zero-order valence-corrected chi connectivity index (χ0v) is 45.8. The molecule has 16 nitrogen and oxygen atoms in total. The third-order valence-electron chi connectivity index (χ3n) is 17.9. The number of hydrogen-bond acceptors (Lipinski definition) is 10. The minimum absolute atomic E-state index is 0.0480. The second kappa shape index (κ2) is 19.4. The van der Waals surface area contributed by atoms with E-state index in [9.17, 15) is 14.4 Å². The van der Waals surface area contributed by atoms with Gasteiger partial charge in [0.1, 0.15) is 24.7 Å². The summed E-state index contributed by atoms with van der Waals surface area (Å²) in [6, 6.07) is 17.0. The van der Waals surface area contributed by atoms with Gasteiger partial charge in [0, 0.05) is 74.2 Å². The zero-order valence-electron chi connectivity index (χ0n) is 45.8. The number of aryl methyl sites for hydroxylation is 1. The normalized spacial score (nSPS) is 27.9. The van der Waals surface area contributed by atoms with Gasteiger partial charge in [0.05, 0.1) is 42.7 Å². The molecule has 2 spiro atoms. The summed E-state index contributed by atoms with van der Waals surface area (Å²) in [6.45, 7) is 20.6. The number of nitrogens with one attached hydrogen (secondary N) is 1. The average Bonchev–Trinajstić information content (AvgIpc) is 4.14. The number of aromatic nitrogens is 2. The predicted octanol–water partition coefficient (Wildman–Crippen LogP) is 6.28. The van der Waals surface area contributed by atoms with Crippen molar-refractivity contribution in [2.75, 3.05) is 59.7 Å². The number of amides is 4. The molecule has 6 bridgehead atoms. The molecule has 76 heavy (non-hydrogen) atoms. The Bertz CT molecular complexity index is 3080. The number of carbonyl (C=O) groups is 5. The highest BCUT2D eigenvalue weighted by molar-refractivity contribution is 5.98. The Morgan fingerprint density at radius 1 is 1.00 bits per heavy atom. The van der Waals surface area contributed by atoms with Crippen LogP contribution in [0.15, 0.2) is 60.8 Å². The van der Waals surface area contributed by atoms with Crippen molar-refractivity contribution in [2.45, 2.75) is 142 Å². The van der Waals surface area contributed by atoms with E-state index in [1.54, 1.807) is 12.0 Å². The number of rotatable bonds is 9. The maximum Gasteiger partial charge on any atom is 0.315 e. The molecule has 6 fully saturated rings. The van der Waals surface area contributed by atoms with E-state index < -0.39 is 34.5 Å². The van der Waals surface area contributed by atoms with Gasteiger partial charge in [-0.15, -0.1) is 0 Å². The summed E-state index contributed by atoms with van der Waals surface area (Å²) in [5, 5.41) is 6.23. The van der Waals surface area contributed by atoms with Crippen molar-refractivity contribution in [2.24, 2.45) is 17.3 Å². The molecule has 402 valence electrons. The molecule has 11 rings (SSSR count). The van der Waals surface area contributed by atoms with Gasteiger partial charge in [-0.3, -0.25) is 33.9 Å². The van der Waals surface area contributed by atoms with E-state index in [0.717, 1.165) is 76.2 Å². The molecule has 2 aromatic heterocycles. The number of fused-ring (bicyclic) bond motifs is 4. The minimum atomic E-state index is -1.29. The number of esters is 1. The summed E-state index contributed by atoms with van der Waals surface area (Å²) in [6.07, 6.45) is 4.98. The summed E-state index contributed by atoms with van der Waals surface area (Å²) in [7, 11) is 1.70. The van der Waals surface area contributed by atoms with Crippen molar-refractivity contribution in [3.8, 4) is 34.2 Å². The molecule has 7 aliphatic heterocycles. The lowest BCUT2D eigenvalue weighted by atomic mass is 9.84. The number of carbonyl (C=O) groups excluding carboxylic acids is 5. The van der Waals surface area contributed by atoms with Crippen molar-refractivity contribution in [3.63, 3.8) is 0 Å². The molecule has 4 amide bonds. The van der Waals surface area contributed by atoms with Crippen LogP contribution in [0.25, 0.3) is 33.3 Å². The monoisotopic (exact) mass is 1040 g/mol. The van der Waals surface area contributed by atoms with E-state index in [-0.39, 0.29) is 86.4 Å². The van der Waals surface area contributed by atoms with Crippen LogP contribution >= 0.6 is 0 Å². The lowest BCUT2D eigenvalue weighted by Crippen LogP contribution is -2.59. The van der Waals surface area contributed by atoms with Crippen LogP contribution in [0, 0.1) is 29.1 Å². The molecule has 7 aliphatic rings. The molecule has 9 heterocycles. The van der Waals surface area contributed by atoms with Gasteiger partial charge in [-0.25, -0.2) is 0 Å². The zero-order chi connectivity index (χ0) is 53.6. The van der Waals surface area contributed by atoms with Crippen molar-refractivity contribution in [3.05, 3.63) is 77.6 Å². The van der Waals surface area contributed by atoms with Crippen LogP contribution in [0.2, 0.25) is 0 Å². The van der Waals surface area contributed by atoms with Crippen molar-refractivity contribution >= 4 is 40.5 Å². The molecule has 6 saturated heterocycles. The number of likely N-dealkylation sites (tertiary alicyclic amines) is 2. The molecule has 0 aliphatic carbocycles. The number of quaternary nitrogens is 1. The first-order valence-electron chi connectivity index (χ1n) is 27.7. The summed E-state index contributed by atoms with van der Waals surface area (Å²) < 4.78 is 21.3. The summed E-state index contributed by atoms with van der Waals surface area (Å²) >= 11 is 0. The molecule has 8 atom stereocenters. The fraction of sp³-hybridized carbons (Fsp3) is 0.567. The fourth-order valence-corrected chi connectivity index (χ4v) is 13.4. The summed E-state index contributed by atoms with van der Waals surface area (Å²) in [4.78, 5) is 83.1. The van der Waals surface area contributed by atoms with E-state index in [1.165, 1.54) is 4.90 Å². The van der Waals surface area contributed by atoms with Gasteiger partial charge in [0.25, 0.3) is 17.7 Å². The first kappa shape index (κ1) is 52.0. The lowest BCUT2D eigenvalue weighted by Gasteiger charge is -2.41. The van der Waals surface area contributed by atoms with Crippen LogP contribution in [0.4, 0.5) is 0 Å². The van der Waals surface area contributed by atoms with Gasteiger partial charge in [0.15, 0.2) is 18.2 Å². The Hall–Kier alpha value is -6.12. The molecule has 16 heteroatoms. The number of hydrogen-bond donors (Lipinski definition) is 1.